The van der Waals surface area contributed by atoms with E-state index >= 15 is 0 Å². The fourth-order valence-corrected chi connectivity index (χ4v) is 2.01. The van der Waals surface area contributed by atoms with E-state index < -0.39 is 17.9 Å². The number of carbonyl (C=O) groups excluding carboxylic acids is 3. The Hall–Kier alpha value is -2.37. The molecule has 2 rings (SSSR count). The molecule has 0 unspecified atom stereocenters. The zero-order valence-corrected chi connectivity index (χ0v) is 10.3. The number of nitrogens with zero attached hydrogens (tertiary/aromatic N) is 1. The molecule has 100 valence electrons. The van der Waals surface area contributed by atoms with Crippen LogP contribution in [-0.2, 0) is 14.3 Å². The van der Waals surface area contributed by atoms with Gasteiger partial charge in [-0.2, -0.15) is 0 Å². The van der Waals surface area contributed by atoms with E-state index in [9.17, 15) is 19.5 Å². The van der Waals surface area contributed by atoms with E-state index in [-0.39, 0.29) is 18.9 Å². The van der Waals surface area contributed by atoms with Crippen LogP contribution in [0.3, 0.4) is 0 Å². The third-order valence-electron chi connectivity index (χ3n) is 3.06. The van der Waals surface area contributed by atoms with Gasteiger partial charge in [0.25, 0.3) is 0 Å². The molecule has 1 aliphatic rings. The van der Waals surface area contributed by atoms with Gasteiger partial charge < -0.3 is 19.5 Å². The molecule has 1 fully saturated rings. The van der Waals surface area contributed by atoms with Crippen molar-refractivity contribution in [1.29, 1.82) is 0 Å². The number of rotatable bonds is 3. The number of hydrogen-bond donors (Lipinski definition) is 0. The summed E-state index contributed by atoms with van der Waals surface area (Å²) in [5.74, 6) is -2.73. The Kier molecular flexibility index (Phi) is 3.50. The first-order valence-corrected chi connectivity index (χ1v) is 5.72. The molecule has 19 heavy (non-hydrogen) atoms. The minimum atomic E-state index is -1.22. The van der Waals surface area contributed by atoms with E-state index in [4.69, 9.17) is 0 Å². The molecule has 1 aliphatic heterocycles. The van der Waals surface area contributed by atoms with Crippen LogP contribution >= 0.6 is 0 Å². The fraction of sp³-hybridized carbons (Fsp3) is 0.308. The Morgan fingerprint density at radius 1 is 1.32 bits per heavy atom. The molecule has 1 saturated heterocycles. The smallest absolute Gasteiger partial charge is 0.337 e. The quantitative estimate of drug-likeness (QED) is 0.690. The van der Waals surface area contributed by atoms with Crippen LogP contribution < -0.4 is 10.0 Å². The van der Waals surface area contributed by atoms with Gasteiger partial charge in [0.1, 0.15) is 0 Å². The SMILES string of the molecule is COC(=O)c1ccc(N2C[C@@H](C(=O)[O-])CC2=O)cc1. The van der Waals surface area contributed by atoms with Crippen molar-refractivity contribution in [2.75, 3.05) is 18.6 Å². The maximum absolute atomic E-state index is 11.7. The number of carboxylic acids is 1. The predicted octanol–water partition coefficient (Wildman–Crippen LogP) is -0.424. The van der Waals surface area contributed by atoms with Crippen LogP contribution in [0.25, 0.3) is 0 Å². The fourth-order valence-electron chi connectivity index (χ4n) is 2.01. The normalized spacial score (nSPS) is 18.5. The summed E-state index contributed by atoms with van der Waals surface area (Å²) in [4.78, 5) is 35.1. The van der Waals surface area contributed by atoms with Crippen LogP contribution in [0.15, 0.2) is 24.3 Å². The molecular formula is C13H12NO5-. The highest BCUT2D eigenvalue weighted by molar-refractivity contribution is 5.99. The molecule has 0 bridgehead atoms. The van der Waals surface area contributed by atoms with Gasteiger partial charge in [-0.05, 0) is 24.3 Å². The summed E-state index contributed by atoms with van der Waals surface area (Å²) >= 11 is 0. The van der Waals surface area contributed by atoms with E-state index in [0.717, 1.165) is 0 Å². The Balaban J connectivity index is 2.17. The highest BCUT2D eigenvalue weighted by atomic mass is 16.5. The van der Waals surface area contributed by atoms with E-state index in [1.807, 2.05) is 0 Å². The maximum Gasteiger partial charge on any atom is 0.337 e. The van der Waals surface area contributed by atoms with Crippen LogP contribution in [0.2, 0.25) is 0 Å². The number of benzene rings is 1. The molecule has 1 aromatic rings. The molecule has 0 saturated carbocycles. The average Bonchev–Trinajstić information content (AvgIpc) is 2.80. The molecular weight excluding hydrogens is 250 g/mol. The number of hydrogen-bond acceptors (Lipinski definition) is 5. The second-order valence-corrected chi connectivity index (χ2v) is 4.26. The molecule has 1 amide bonds. The summed E-state index contributed by atoms with van der Waals surface area (Å²) < 4.78 is 4.57. The molecule has 1 heterocycles. The van der Waals surface area contributed by atoms with E-state index in [0.29, 0.717) is 11.3 Å². The number of esters is 1. The largest absolute Gasteiger partial charge is 0.550 e. The number of anilines is 1. The summed E-state index contributed by atoms with van der Waals surface area (Å²) in [7, 11) is 1.28. The Bertz CT molecular complexity index is 522. The third kappa shape index (κ3) is 2.57. The van der Waals surface area contributed by atoms with Crippen molar-refractivity contribution in [2.24, 2.45) is 5.92 Å². The van der Waals surface area contributed by atoms with Gasteiger partial charge in [0.05, 0.1) is 12.7 Å². The number of carbonyl (C=O) groups is 3. The Labute approximate surface area is 109 Å². The lowest BCUT2D eigenvalue weighted by atomic mass is 10.1. The van der Waals surface area contributed by atoms with Gasteiger partial charge in [-0.3, -0.25) is 4.79 Å². The summed E-state index contributed by atoms with van der Waals surface area (Å²) in [5.41, 5.74) is 0.927. The highest BCUT2D eigenvalue weighted by Gasteiger charge is 2.31. The second kappa shape index (κ2) is 5.09. The lowest BCUT2D eigenvalue weighted by Gasteiger charge is -2.17. The van der Waals surface area contributed by atoms with Crippen molar-refractivity contribution < 1.29 is 24.2 Å². The zero-order chi connectivity index (χ0) is 14.0. The van der Waals surface area contributed by atoms with Crippen molar-refractivity contribution in [3.63, 3.8) is 0 Å². The van der Waals surface area contributed by atoms with Crippen molar-refractivity contribution in [1.82, 2.24) is 0 Å². The molecule has 6 heteroatoms. The van der Waals surface area contributed by atoms with Crippen molar-refractivity contribution in [2.45, 2.75) is 6.42 Å². The summed E-state index contributed by atoms with van der Waals surface area (Å²) in [6.07, 6.45) is -0.0545. The maximum atomic E-state index is 11.7. The van der Waals surface area contributed by atoms with Crippen molar-refractivity contribution >= 4 is 23.5 Å². The predicted molar refractivity (Wildman–Crippen MR) is 63.2 cm³/mol. The summed E-state index contributed by atoms with van der Waals surface area (Å²) in [6, 6.07) is 6.23. The van der Waals surface area contributed by atoms with Crippen LogP contribution in [-0.4, -0.2) is 31.5 Å². The molecule has 1 aromatic carbocycles. The van der Waals surface area contributed by atoms with Gasteiger partial charge >= 0.3 is 5.97 Å². The number of aliphatic carboxylic acids is 1. The van der Waals surface area contributed by atoms with Crippen molar-refractivity contribution in [3.05, 3.63) is 29.8 Å². The molecule has 1 atom stereocenters. The van der Waals surface area contributed by atoms with Crippen LogP contribution in [0.5, 0.6) is 0 Å². The van der Waals surface area contributed by atoms with Gasteiger partial charge in [-0.25, -0.2) is 4.79 Å². The monoisotopic (exact) mass is 262 g/mol. The van der Waals surface area contributed by atoms with Gasteiger partial charge in [0, 0.05) is 30.5 Å². The van der Waals surface area contributed by atoms with E-state index in [2.05, 4.69) is 4.74 Å². The minimum Gasteiger partial charge on any atom is -0.550 e. The molecule has 0 N–H and O–H groups in total. The number of carboxylic acid groups (broad SMARTS) is 1. The van der Waals surface area contributed by atoms with Gasteiger partial charge in [-0.1, -0.05) is 0 Å². The van der Waals surface area contributed by atoms with Gasteiger partial charge in [0.2, 0.25) is 5.91 Å². The van der Waals surface area contributed by atoms with Crippen LogP contribution in [0, 0.1) is 5.92 Å². The lowest BCUT2D eigenvalue weighted by molar-refractivity contribution is -0.310. The topological polar surface area (TPSA) is 86.7 Å². The van der Waals surface area contributed by atoms with E-state index in [1.54, 1.807) is 12.1 Å². The average molecular weight is 262 g/mol. The molecule has 0 aromatic heterocycles. The molecule has 0 radical (unpaired) electrons. The van der Waals surface area contributed by atoms with Crippen molar-refractivity contribution in [3.8, 4) is 0 Å². The Morgan fingerprint density at radius 2 is 1.95 bits per heavy atom. The van der Waals surface area contributed by atoms with E-state index in [1.165, 1.54) is 24.1 Å². The third-order valence-corrected chi connectivity index (χ3v) is 3.06. The summed E-state index contributed by atoms with van der Waals surface area (Å²) in [5, 5.41) is 10.8. The van der Waals surface area contributed by atoms with Crippen LogP contribution in [0.1, 0.15) is 16.8 Å². The highest BCUT2D eigenvalue weighted by Crippen LogP contribution is 2.25. The number of amides is 1. The van der Waals surface area contributed by atoms with Crippen LogP contribution in [0.4, 0.5) is 5.69 Å². The lowest BCUT2D eigenvalue weighted by Crippen LogP contribution is -2.33. The minimum absolute atomic E-state index is 0.0545. The Morgan fingerprint density at radius 3 is 2.42 bits per heavy atom. The second-order valence-electron chi connectivity index (χ2n) is 4.26. The number of methoxy groups -OCH3 is 1. The van der Waals surface area contributed by atoms with Gasteiger partial charge in [-0.15, -0.1) is 0 Å². The first-order chi connectivity index (χ1) is 9.02. The standard InChI is InChI=1S/C13H13NO5/c1-19-13(18)8-2-4-10(5-3-8)14-7-9(12(16)17)6-11(14)15/h2-5,9H,6-7H2,1H3,(H,16,17)/p-1/t9-/m0/s1. The molecule has 0 aliphatic carbocycles. The van der Waals surface area contributed by atoms with Gasteiger partial charge in [0.15, 0.2) is 0 Å². The first-order valence-electron chi connectivity index (χ1n) is 5.72. The number of ether oxygens (including phenoxy) is 1. The first kappa shape index (κ1) is 13.1. The summed E-state index contributed by atoms with van der Waals surface area (Å²) in [6.45, 7) is 0.0960. The molecule has 6 nitrogen and oxygen atoms in total. The molecule has 0 spiro atoms. The zero-order valence-electron chi connectivity index (χ0n) is 10.3.